The Hall–Kier alpha value is -0.610. The van der Waals surface area contributed by atoms with E-state index in [2.05, 4.69) is 17.6 Å². The van der Waals surface area contributed by atoms with Crippen LogP contribution in [0.5, 0.6) is 0 Å². The Morgan fingerprint density at radius 3 is 2.75 bits per heavy atom. The van der Waals surface area contributed by atoms with Crippen molar-refractivity contribution in [2.24, 2.45) is 5.92 Å². The van der Waals surface area contributed by atoms with E-state index in [-0.39, 0.29) is 5.91 Å². The molecule has 0 aromatic heterocycles. The fraction of sp³-hybridized carbons (Fsp3) is 0.917. The fourth-order valence-electron chi connectivity index (χ4n) is 2.09. The van der Waals surface area contributed by atoms with Gasteiger partial charge in [-0.25, -0.2) is 0 Å². The highest BCUT2D eigenvalue weighted by atomic mass is 16.5. The van der Waals surface area contributed by atoms with Crippen molar-refractivity contribution in [1.29, 1.82) is 0 Å². The van der Waals surface area contributed by atoms with E-state index in [0.717, 1.165) is 44.9 Å². The molecule has 94 valence electrons. The number of carbonyl (C=O) groups is 1. The van der Waals surface area contributed by atoms with Gasteiger partial charge in [0.15, 0.2) is 0 Å². The largest absolute Gasteiger partial charge is 0.381 e. The summed E-state index contributed by atoms with van der Waals surface area (Å²) in [5, 5.41) is 6.13. The molecule has 1 heterocycles. The first kappa shape index (κ1) is 13.5. The Morgan fingerprint density at radius 2 is 2.12 bits per heavy atom. The predicted octanol–water partition coefficient (Wildman–Crippen LogP) is 0.917. The maximum atomic E-state index is 11.0. The molecule has 1 unspecified atom stereocenters. The lowest BCUT2D eigenvalue weighted by atomic mass is 9.93. The number of nitrogens with one attached hydrogen (secondary N) is 2. The number of carbonyl (C=O) groups excluding carboxylic acids is 1. The summed E-state index contributed by atoms with van der Waals surface area (Å²) in [7, 11) is 1.68. The molecule has 1 aliphatic heterocycles. The quantitative estimate of drug-likeness (QED) is 0.665. The van der Waals surface area contributed by atoms with Gasteiger partial charge in [-0.05, 0) is 38.6 Å². The third-order valence-electron chi connectivity index (χ3n) is 3.30. The summed E-state index contributed by atoms with van der Waals surface area (Å²) in [5.74, 6) is 0.856. The summed E-state index contributed by atoms with van der Waals surface area (Å²) >= 11 is 0. The van der Waals surface area contributed by atoms with E-state index >= 15 is 0 Å². The molecular weight excluding hydrogens is 204 g/mol. The first-order valence-corrected chi connectivity index (χ1v) is 6.25. The molecule has 0 aliphatic carbocycles. The molecule has 1 aliphatic rings. The van der Waals surface area contributed by atoms with Gasteiger partial charge in [-0.15, -0.1) is 0 Å². The zero-order valence-electron chi connectivity index (χ0n) is 10.4. The summed E-state index contributed by atoms with van der Waals surface area (Å²) in [4.78, 5) is 11.0. The van der Waals surface area contributed by atoms with Gasteiger partial charge in [0.1, 0.15) is 0 Å². The smallest absolute Gasteiger partial charge is 0.219 e. The van der Waals surface area contributed by atoms with Crippen LogP contribution in [0.2, 0.25) is 0 Å². The van der Waals surface area contributed by atoms with Crippen LogP contribution in [0.15, 0.2) is 0 Å². The summed E-state index contributed by atoms with van der Waals surface area (Å²) in [6, 6.07) is 0.536. The van der Waals surface area contributed by atoms with E-state index < -0.39 is 0 Å². The predicted molar refractivity (Wildman–Crippen MR) is 64.3 cm³/mol. The van der Waals surface area contributed by atoms with Gasteiger partial charge in [-0.2, -0.15) is 0 Å². The van der Waals surface area contributed by atoms with Crippen LogP contribution in [0.4, 0.5) is 0 Å². The number of rotatable bonds is 6. The van der Waals surface area contributed by atoms with Crippen molar-refractivity contribution >= 4 is 5.91 Å². The van der Waals surface area contributed by atoms with E-state index in [1.165, 1.54) is 0 Å². The van der Waals surface area contributed by atoms with Gasteiger partial charge < -0.3 is 15.4 Å². The average molecular weight is 228 g/mol. The molecule has 1 rings (SSSR count). The van der Waals surface area contributed by atoms with Crippen LogP contribution in [0.3, 0.4) is 0 Å². The fourth-order valence-corrected chi connectivity index (χ4v) is 2.09. The maximum Gasteiger partial charge on any atom is 0.219 e. The maximum absolute atomic E-state index is 11.0. The minimum atomic E-state index is 0.125. The van der Waals surface area contributed by atoms with Gasteiger partial charge in [-0.3, -0.25) is 4.79 Å². The summed E-state index contributed by atoms with van der Waals surface area (Å²) in [6.45, 7) is 4.95. The molecule has 0 saturated carbocycles. The van der Waals surface area contributed by atoms with Gasteiger partial charge in [-0.1, -0.05) is 0 Å². The molecule has 1 amide bonds. The van der Waals surface area contributed by atoms with Crippen molar-refractivity contribution in [2.75, 3.05) is 26.8 Å². The van der Waals surface area contributed by atoms with Crippen LogP contribution in [0.25, 0.3) is 0 Å². The Morgan fingerprint density at radius 1 is 1.44 bits per heavy atom. The second kappa shape index (κ2) is 7.63. The van der Waals surface area contributed by atoms with Crippen LogP contribution in [0, 0.1) is 5.92 Å². The van der Waals surface area contributed by atoms with Gasteiger partial charge in [0, 0.05) is 32.7 Å². The molecule has 4 nitrogen and oxygen atoms in total. The SMILES string of the molecule is CNC(=O)CCCNC(C)C1CCOCC1. The molecule has 1 fully saturated rings. The van der Waals surface area contributed by atoms with Crippen molar-refractivity contribution in [3.63, 3.8) is 0 Å². The van der Waals surface area contributed by atoms with Crippen molar-refractivity contribution in [1.82, 2.24) is 10.6 Å². The standard InChI is InChI=1S/C12H24N2O2/c1-10(11-5-8-16-9-6-11)14-7-3-4-12(15)13-2/h10-11,14H,3-9H2,1-2H3,(H,13,15). The van der Waals surface area contributed by atoms with E-state index in [0.29, 0.717) is 12.5 Å². The second-order valence-corrected chi connectivity index (χ2v) is 4.47. The molecule has 0 bridgehead atoms. The second-order valence-electron chi connectivity index (χ2n) is 4.47. The molecule has 1 atom stereocenters. The highest BCUT2D eigenvalue weighted by Gasteiger charge is 2.19. The summed E-state index contributed by atoms with van der Waals surface area (Å²) in [6.07, 6.45) is 3.84. The van der Waals surface area contributed by atoms with E-state index in [1.807, 2.05) is 0 Å². The molecule has 0 radical (unpaired) electrons. The minimum absolute atomic E-state index is 0.125. The molecule has 4 heteroatoms. The highest BCUT2D eigenvalue weighted by Crippen LogP contribution is 2.18. The zero-order valence-corrected chi connectivity index (χ0v) is 10.4. The minimum Gasteiger partial charge on any atom is -0.381 e. The number of ether oxygens (including phenoxy) is 1. The van der Waals surface area contributed by atoms with Crippen molar-refractivity contribution in [3.8, 4) is 0 Å². The van der Waals surface area contributed by atoms with Crippen LogP contribution in [0.1, 0.15) is 32.6 Å². The Labute approximate surface area is 98.1 Å². The van der Waals surface area contributed by atoms with Crippen molar-refractivity contribution in [3.05, 3.63) is 0 Å². The van der Waals surface area contributed by atoms with Crippen molar-refractivity contribution in [2.45, 2.75) is 38.6 Å². The van der Waals surface area contributed by atoms with Crippen molar-refractivity contribution < 1.29 is 9.53 Å². The number of amides is 1. The van der Waals surface area contributed by atoms with Crippen LogP contribution < -0.4 is 10.6 Å². The lowest BCUT2D eigenvalue weighted by Crippen LogP contribution is -2.37. The monoisotopic (exact) mass is 228 g/mol. The highest BCUT2D eigenvalue weighted by molar-refractivity contribution is 5.75. The van der Waals surface area contributed by atoms with Gasteiger partial charge >= 0.3 is 0 Å². The van der Waals surface area contributed by atoms with Gasteiger partial charge in [0.25, 0.3) is 0 Å². The third kappa shape index (κ3) is 4.94. The summed E-state index contributed by atoms with van der Waals surface area (Å²) < 4.78 is 5.34. The first-order valence-electron chi connectivity index (χ1n) is 6.25. The lowest BCUT2D eigenvalue weighted by Gasteiger charge is -2.28. The molecule has 1 saturated heterocycles. The Balaban J connectivity index is 2.05. The lowest BCUT2D eigenvalue weighted by molar-refractivity contribution is -0.120. The molecular formula is C12H24N2O2. The van der Waals surface area contributed by atoms with E-state index in [4.69, 9.17) is 4.74 Å². The topological polar surface area (TPSA) is 50.4 Å². The van der Waals surface area contributed by atoms with E-state index in [9.17, 15) is 4.79 Å². The molecule has 0 spiro atoms. The molecule has 0 aromatic carbocycles. The number of hydrogen-bond acceptors (Lipinski definition) is 3. The third-order valence-corrected chi connectivity index (χ3v) is 3.30. The van der Waals surface area contributed by atoms with Crippen LogP contribution in [-0.2, 0) is 9.53 Å². The Kier molecular flexibility index (Phi) is 6.42. The molecule has 2 N–H and O–H groups in total. The normalized spacial score (nSPS) is 19.4. The van der Waals surface area contributed by atoms with Gasteiger partial charge in [0.05, 0.1) is 0 Å². The molecule has 16 heavy (non-hydrogen) atoms. The Bertz CT molecular complexity index is 203. The van der Waals surface area contributed by atoms with Crippen LogP contribution >= 0.6 is 0 Å². The van der Waals surface area contributed by atoms with E-state index in [1.54, 1.807) is 7.05 Å². The zero-order chi connectivity index (χ0) is 11.8. The number of hydrogen-bond donors (Lipinski definition) is 2. The first-order chi connectivity index (χ1) is 7.74. The average Bonchev–Trinajstić information content (AvgIpc) is 2.35. The summed E-state index contributed by atoms with van der Waals surface area (Å²) in [5.41, 5.74) is 0. The van der Waals surface area contributed by atoms with Gasteiger partial charge in [0.2, 0.25) is 5.91 Å². The van der Waals surface area contributed by atoms with Crippen LogP contribution in [-0.4, -0.2) is 38.8 Å². The molecule has 0 aromatic rings.